The number of alkyl halides is 1. The molecule has 2 N–H and O–H groups in total. The number of aryl methyl sites for hydroxylation is 1. The van der Waals surface area contributed by atoms with Gasteiger partial charge in [0.15, 0.2) is 5.67 Å². The van der Waals surface area contributed by atoms with Crippen molar-refractivity contribution in [1.29, 1.82) is 0 Å². The molecule has 0 radical (unpaired) electrons. The second-order valence-electron chi connectivity index (χ2n) is 8.21. The average Bonchev–Trinajstić information content (AvgIpc) is 3.59. The van der Waals surface area contributed by atoms with E-state index in [2.05, 4.69) is 25.6 Å². The van der Waals surface area contributed by atoms with Crippen molar-refractivity contribution in [2.24, 2.45) is 0 Å². The molecular weight excluding hydrogens is 441 g/mol. The molecule has 1 amide bonds. The first-order valence-corrected chi connectivity index (χ1v) is 11.0. The second-order valence-corrected chi connectivity index (χ2v) is 8.59. The highest BCUT2D eigenvalue weighted by atomic mass is 35.5. The van der Waals surface area contributed by atoms with Gasteiger partial charge in [-0.1, -0.05) is 17.7 Å². The molecule has 166 valence electrons. The standard InChI is InChI=1S/C25H21ClFN5O/c1-14-3-4-18(32-24(33)15-5-8-29-20(10-15)25(27)6-7-25)11-19(14)16-9-17-13-31-23(28-2)21(26)22(17)30-12-16/h3-5,8-13H,6-7H2,1-2H3,(H,28,31)(H,32,33). The van der Waals surface area contributed by atoms with Crippen LogP contribution in [-0.2, 0) is 5.67 Å². The molecule has 4 aromatic rings. The van der Waals surface area contributed by atoms with Crippen LogP contribution in [0, 0.1) is 6.92 Å². The number of pyridine rings is 3. The van der Waals surface area contributed by atoms with Crippen LogP contribution in [0.3, 0.4) is 0 Å². The molecule has 5 rings (SSSR count). The Morgan fingerprint density at radius 1 is 1.09 bits per heavy atom. The van der Waals surface area contributed by atoms with Crippen LogP contribution in [0.2, 0.25) is 5.02 Å². The lowest BCUT2D eigenvalue weighted by molar-refractivity contribution is 0.102. The minimum absolute atomic E-state index is 0.315. The van der Waals surface area contributed by atoms with Gasteiger partial charge in [-0.2, -0.15) is 0 Å². The van der Waals surface area contributed by atoms with Crippen molar-refractivity contribution in [3.8, 4) is 11.1 Å². The molecule has 3 aromatic heterocycles. The van der Waals surface area contributed by atoms with E-state index in [1.165, 1.54) is 12.3 Å². The summed E-state index contributed by atoms with van der Waals surface area (Å²) in [7, 11) is 1.76. The van der Waals surface area contributed by atoms with Crippen molar-refractivity contribution >= 4 is 39.9 Å². The van der Waals surface area contributed by atoms with Crippen LogP contribution in [0.5, 0.6) is 0 Å². The molecule has 0 bridgehead atoms. The van der Waals surface area contributed by atoms with Crippen LogP contribution >= 0.6 is 11.6 Å². The summed E-state index contributed by atoms with van der Waals surface area (Å²) in [5.74, 6) is 0.259. The molecule has 3 heterocycles. The molecule has 0 aliphatic heterocycles. The van der Waals surface area contributed by atoms with Gasteiger partial charge in [0.05, 0.1) is 11.2 Å². The highest BCUT2D eigenvalue weighted by Crippen LogP contribution is 2.48. The fraction of sp³-hybridized carbons (Fsp3) is 0.200. The van der Waals surface area contributed by atoms with E-state index in [4.69, 9.17) is 11.6 Å². The SMILES string of the molecule is CNc1ncc2cc(-c3cc(NC(=O)c4ccnc(C5(F)CC5)c4)ccc3C)cnc2c1Cl. The first kappa shape index (κ1) is 21.3. The molecule has 1 aliphatic rings. The largest absolute Gasteiger partial charge is 0.372 e. The molecular formula is C25H21ClFN5O. The summed E-state index contributed by atoms with van der Waals surface area (Å²) in [4.78, 5) is 25.8. The number of carbonyl (C=O) groups excluding carboxylic acids is 1. The third-order valence-electron chi connectivity index (χ3n) is 5.88. The monoisotopic (exact) mass is 461 g/mol. The van der Waals surface area contributed by atoms with Crippen molar-refractivity contribution in [2.75, 3.05) is 17.7 Å². The molecule has 0 saturated heterocycles. The molecule has 33 heavy (non-hydrogen) atoms. The molecule has 1 aliphatic carbocycles. The Hall–Kier alpha value is -3.58. The zero-order valence-electron chi connectivity index (χ0n) is 18.1. The highest BCUT2D eigenvalue weighted by Gasteiger charge is 2.46. The first-order valence-electron chi connectivity index (χ1n) is 10.6. The van der Waals surface area contributed by atoms with E-state index in [0.717, 1.165) is 22.1 Å². The summed E-state index contributed by atoms with van der Waals surface area (Å²) in [6, 6.07) is 10.8. The Morgan fingerprint density at radius 2 is 1.91 bits per heavy atom. The summed E-state index contributed by atoms with van der Waals surface area (Å²) in [5.41, 5.74) is 3.42. The topological polar surface area (TPSA) is 79.8 Å². The second kappa shape index (κ2) is 8.08. The molecule has 8 heteroatoms. The van der Waals surface area contributed by atoms with Crippen molar-refractivity contribution in [3.05, 3.63) is 76.8 Å². The van der Waals surface area contributed by atoms with Gasteiger partial charge in [-0.15, -0.1) is 0 Å². The number of benzene rings is 1. The number of hydrogen-bond donors (Lipinski definition) is 2. The number of aromatic nitrogens is 3. The number of fused-ring (bicyclic) bond motifs is 1. The van der Waals surface area contributed by atoms with Crippen LogP contribution in [0.25, 0.3) is 22.0 Å². The van der Waals surface area contributed by atoms with Crippen LogP contribution < -0.4 is 10.6 Å². The fourth-order valence-electron chi connectivity index (χ4n) is 3.78. The normalized spacial score (nSPS) is 14.2. The Labute approximate surface area is 195 Å². The average molecular weight is 462 g/mol. The zero-order chi connectivity index (χ0) is 23.2. The van der Waals surface area contributed by atoms with Gasteiger partial charge in [0.1, 0.15) is 10.8 Å². The number of hydrogen-bond acceptors (Lipinski definition) is 5. The van der Waals surface area contributed by atoms with E-state index in [1.807, 2.05) is 31.2 Å². The predicted molar refractivity (Wildman–Crippen MR) is 128 cm³/mol. The lowest BCUT2D eigenvalue weighted by Crippen LogP contribution is -2.13. The maximum atomic E-state index is 14.3. The van der Waals surface area contributed by atoms with E-state index in [0.29, 0.717) is 46.1 Å². The number of amides is 1. The van der Waals surface area contributed by atoms with Crippen molar-refractivity contribution in [3.63, 3.8) is 0 Å². The van der Waals surface area contributed by atoms with Gasteiger partial charge in [-0.25, -0.2) is 9.37 Å². The van der Waals surface area contributed by atoms with E-state index in [-0.39, 0.29) is 5.91 Å². The van der Waals surface area contributed by atoms with Crippen molar-refractivity contribution < 1.29 is 9.18 Å². The summed E-state index contributed by atoms with van der Waals surface area (Å²) >= 11 is 6.39. The van der Waals surface area contributed by atoms with E-state index >= 15 is 0 Å². The predicted octanol–water partition coefficient (Wildman–Crippen LogP) is 5.91. The Kier molecular flexibility index (Phi) is 5.21. The van der Waals surface area contributed by atoms with Crippen molar-refractivity contribution in [1.82, 2.24) is 15.0 Å². The number of anilines is 2. The molecule has 6 nitrogen and oxygen atoms in total. The third-order valence-corrected chi connectivity index (χ3v) is 6.24. The van der Waals surface area contributed by atoms with Crippen LogP contribution in [0.1, 0.15) is 34.5 Å². The number of rotatable bonds is 5. The number of halogens is 2. The Bertz CT molecular complexity index is 1400. The first-order chi connectivity index (χ1) is 15.9. The lowest BCUT2D eigenvalue weighted by atomic mass is 10.00. The van der Waals surface area contributed by atoms with Crippen LogP contribution in [0.15, 0.2) is 55.0 Å². The molecule has 0 spiro atoms. The van der Waals surface area contributed by atoms with E-state index < -0.39 is 5.67 Å². The smallest absolute Gasteiger partial charge is 0.255 e. The maximum Gasteiger partial charge on any atom is 0.255 e. The van der Waals surface area contributed by atoms with Gasteiger partial charge in [-0.3, -0.25) is 14.8 Å². The molecule has 1 fully saturated rings. The fourth-order valence-corrected chi connectivity index (χ4v) is 4.09. The number of nitrogens with one attached hydrogen (secondary N) is 2. The molecule has 1 saturated carbocycles. The van der Waals surface area contributed by atoms with Crippen LogP contribution in [0.4, 0.5) is 15.9 Å². The molecule has 0 unspecified atom stereocenters. The zero-order valence-corrected chi connectivity index (χ0v) is 18.9. The van der Waals surface area contributed by atoms with Gasteiger partial charge in [-0.05, 0) is 61.2 Å². The van der Waals surface area contributed by atoms with E-state index in [9.17, 15) is 9.18 Å². The molecule has 0 atom stereocenters. The van der Waals surface area contributed by atoms with Gasteiger partial charge >= 0.3 is 0 Å². The summed E-state index contributed by atoms with van der Waals surface area (Å²) < 4.78 is 14.3. The van der Waals surface area contributed by atoms with Gasteiger partial charge in [0.2, 0.25) is 0 Å². The maximum absolute atomic E-state index is 14.3. The number of nitrogens with zero attached hydrogens (tertiary/aromatic N) is 3. The molecule has 1 aromatic carbocycles. The van der Waals surface area contributed by atoms with Crippen molar-refractivity contribution in [2.45, 2.75) is 25.4 Å². The highest BCUT2D eigenvalue weighted by molar-refractivity contribution is 6.37. The third kappa shape index (κ3) is 4.00. The van der Waals surface area contributed by atoms with Crippen LogP contribution in [-0.4, -0.2) is 27.9 Å². The van der Waals surface area contributed by atoms with E-state index in [1.54, 1.807) is 25.5 Å². The van der Waals surface area contributed by atoms with Gasteiger partial charge in [0, 0.05) is 47.8 Å². The summed E-state index contributed by atoms with van der Waals surface area (Å²) in [6.07, 6.45) is 5.85. The summed E-state index contributed by atoms with van der Waals surface area (Å²) in [6.45, 7) is 1.99. The minimum atomic E-state index is -1.39. The van der Waals surface area contributed by atoms with Gasteiger partial charge in [0.25, 0.3) is 5.91 Å². The Balaban J connectivity index is 1.44. The quantitative estimate of drug-likeness (QED) is 0.386. The Morgan fingerprint density at radius 3 is 2.67 bits per heavy atom. The summed E-state index contributed by atoms with van der Waals surface area (Å²) in [5, 5.41) is 7.14. The lowest BCUT2D eigenvalue weighted by Gasteiger charge is -2.12. The minimum Gasteiger partial charge on any atom is -0.372 e. The number of carbonyl (C=O) groups is 1. The van der Waals surface area contributed by atoms with Gasteiger partial charge < -0.3 is 10.6 Å².